The molecule has 3 amide bonds. The molecule has 1 aliphatic rings. The number of benzene rings is 1. The molecule has 1 aliphatic carbocycles. The molecule has 1 aromatic carbocycles. The Morgan fingerprint density at radius 3 is 2.48 bits per heavy atom. The van der Waals surface area contributed by atoms with E-state index in [9.17, 15) is 19.6 Å². The van der Waals surface area contributed by atoms with E-state index in [1.54, 1.807) is 45.0 Å². The van der Waals surface area contributed by atoms with E-state index < -0.39 is 36.1 Å². The maximum Gasteiger partial charge on any atom is 0.408 e. The zero-order chi connectivity index (χ0) is 24.4. The van der Waals surface area contributed by atoms with Crippen LogP contribution in [0.5, 0.6) is 0 Å². The lowest BCUT2D eigenvalue weighted by Gasteiger charge is -2.32. The first-order valence-electron chi connectivity index (χ1n) is 11.2. The second-order valence-electron chi connectivity index (χ2n) is 9.01. The number of nitrogens with zero attached hydrogens (tertiary/aromatic N) is 2. The first-order valence-corrected chi connectivity index (χ1v) is 11.2. The Labute approximate surface area is 195 Å². The molecule has 2 rings (SSSR count). The normalized spacial score (nSPS) is 14.8. The molecule has 0 heterocycles. The summed E-state index contributed by atoms with van der Waals surface area (Å²) in [5.41, 5.74) is 0.180. The van der Waals surface area contributed by atoms with Gasteiger partial charge in [-0.1, -0.05) is 43.4 Å². The van der Waals surface area contributed by atoms with Gasteiger partial charge in [0.1, 0.15) is 24.7 Å². The van der Waals surface area contributed by atoms with E-state index in [1.165, 1.54) is 0 Å². The molecule has 1 fully saturated rings. The minimum absolute atomic E-state index is 0.00525. The van der Waals surface area contributed by atoms with Gasteiger partial charge in [0.2, 0.25) is 11.8 Å². The van der Waals surface area contributed by atoms with Crippen molar-refractivity contribution in [1.82, 2.24) is 15.5 Å². The summed E-state index contributed by atoms with van der Waals surface area (Å²) in [5.74, 6) is 1.56. The summed E-state index contributed by atoms with van der Waals surface area (Å²) in [6.45, 7) is 4.34. The van der Waals surface area contributed by atoms with Crippen LogP contribution in [0.25, 0.3) is 0 Å². The molecule has 176 valence electrons. The number of hydrogen-bond donors (Lipinski definition) is 2. The van der Waals surface area contributed by atoms with Gasteiger partial charge in [-0.05, 0) is 45.2 Å². The number of amides is 3. The molecule has 0 aliphatic heterocycles. The molecule has 2 N–H and O–H groups in total. The van der Waals surface area contributed by atoms with Crippen molar-refractivity contribution in [2.75, 3.05) is 13.1 Å². The molecule has 0 aromatic heterocycles. The van der Waals surface area contributed by atoms with E-state index in [0.29, 0.717) is 11.1 Å². The maximum absolute atomic E-state index is 13.4. The van der Waals surface area contributed by atoms with Crippen molar-refractivity contribution in [1.29, 1.82) is 5.26 Å². The van der Waals surface area contributed by atoms with Crippen molar-refractivity contribution in [3.63, 3.8) is 0 Å². The molecular formula is C25H32N4O4. The van der Waals surface area contributed by atoms with Crippen LogP contribution in [0.15, 0.2) is 24.3 Å². The predicted molar refractivity (Wildman–Crippen MR) is 124 cm³/mol. The first-order chi connectivity index (χ1) is 15.7. The minimum Gasteiger partial charge on any atom is -0.444 e. The summed E-state index contributed by atoms with van der Waals surface area (Å²) in [4.78, 5) is 39.7. The van der Waals surface area contributed by atoms with Gasteiger partial charge in [0.05, 0.1) is 6.07 Å². The summed E-state index contributed by atoms with van der Waals surface area (Å²) in [7, 11) is 0. The van der Waals surface area contributed by atoms with Crippen molar-refractivity contribution < 1.29 is 19.1 Å². The molecule has 0 radical (unpaired) electrons. The Morgan fingerprint density at radius 1 is 1.21 bits per heavy atom. The summed E-state index contributed by atoms with van der Waals surface area (Å²) in [6.07, 6.45) is 9.80. The molecule has 0 spiro atoms. The minimum atomic E-state index is -1.10. The standard InChI is InChI=1S/C25H32N4O4/c1-5-18-11-9-10-14-20(18)22(23(31)28-19-12-7-6-8-13-19)29(16-15-26)21(30)17-27-24(32)33-25(2,3)4/h1,9-11,14,19,22H,6-8,12-13,16-17H2,2-4H3,(H,27,32)(H,28,31). The zero-order valence-corrected chi connectivity index (χ0v) is 19.5. The number of nitrogens with one attached hydrogen (secondary N) is 2. The Bertz CT molecular complexity index is 933. The van der Waals surface area contributed by atoms with E-state index in [0.717, 1.165) is 37.0 Å². The smallest absolute Gasteiger partial charge is 0.408 e. The third-order valence-electron chi connectivity index (χ3n) is 5.27. The first kappa shape index (κ1) is 25.7. The number of nitriles is 1. The molecule has 0 bridgehead atoms. The van der Waals surface area contributed by atoms with Crippen LogP contribution in [-0.4, -0.2) is 47.5 Å². The highest BCUT2D eigenvalue weighted by atomic mass is 16.6. The molecule has 1 saturated carbocycles. The SMILES string of the molecule is C#Cc1ccccc1C(C(=O)NC1CCCCC1)N(CC#N)C(=O)CNC(=O)OC(C)(C)C. The fraction of sp³-hybridized carbons (Fsp3) is 0.520. The van der Waals surface area contributed by atoms with Crippen molar-refractivity contribution in [3.05, 3.63) is 35.4 Å². The third kappa shape index (κ3) is 7.84. The average molecular weight is 453 g/mol. The second-order valence-corrected chi connectivity index (χ2v) is 9.01. The van der Waals surface area contributed by atoms with Gasteiger partial charge in [0.15, 0.2) is 0 Å². The summed E-state index contributed by atoms with van der Waals surface area (Å²) >= 11 is 0. The molecule has 1 atom stereocenters. The second kappa shape index (κ2) is 11.9. The highest BCUT2D eigenvalue weighted by Gasteiger charge is 2.34. The monoisotopic (exact) mass is 452 g/mol. The zero-order valence-electron chi connectivity index (χ0n) is 19.5. The van der Waals surface area contributed by atoms with Crippen molar-refractivity contribution >= 4 is 17.9 Å². The van der Waals surface area contributed by atoms with E-state index >= 15 is 0 Å². The highest BCUT2D eigenvalue weighted by Crippen LogP contribution is 2.26. The molecule has 33 heavy (non-hydrogen) atoms. The van der Waals surface area contributed by atoms with Gasteiger partial charge < -0.3 is 20.3 Å². The van der Waals surface area contributed by atoms with Crippen LogP contribution in [-0.2, 0) is 14.3 Å². The molecule has 8 heteroatoms. The van der Waals surface area contributed by atoms with Gasteiger partial charge >= 0.3 is 6.09 Å². The number of hydrogen-bond acceptors (Lipinski definition) is 5. The van der Waals surface area contributed by atoms with Crippen molar-refractivity contribution in [2.45, 2.75) is 70.6 Å². The lowest BCUT2D eigenvalue weighted by Crippen LogP contribution is -2.50. The lowest BCUT2D eigenvalue weighted by molar-refractivity contribution is -0.139. The number of alkyl carbamates (subject to hydrolysis) is 1. The Kier molecular flexibility index (Phi) is 9.30. The van der Waals surface area contributed by atoms with Crippen LogP contribution in [0.2, 0.25) is 0 Å². The van der Waals surface area contributed by atoms with Crippen LogP contribution >= 0.6 is 0 Å². The van der Waals surface area contributed by atoms with E-state index in [1.807, 2.05) is 6.07 Å². The van der Waals surface area contributed by atoms with Crippen LogP contribution in [0, 0.1) is 23.7 Å². The third-order valence-corrected chi connectivity index (χ3v) is 5.27. The largest absolute Gasteiger partial charge is 0.444 e. The van der Waals surface area contributed by atoms with Gasteiger partial charge in [-0.25, -0.2) is 4.79 Å². The quantitative estimate of drug-likeness (QED) is 0.488. The fourth-order valence-electron chi connectivity index (χ4n) is 3.81. The number of terminal acetylenes is 1. The predicted octanol–water partition coefficient (Wildman–Crippen LogP) is 3.03. The topological polar surface area (TPSA) is 112 Å². The number of rotatable bonds is 7. The highest BCUT2D eigenvalue weighted by molar-refractivity contribution is 5.91. The average Bonchev–Trinajstić information content (AvgIpc) is 2.77. The maximum atomic E-state index is 13.4. The number of ether oxygens (including phenoxy) is 1. The van der Waals surface area contributed by atoms with Gasteiger partial charge in [-0.3, -0.25) is 9.59 Å². The van der Waals surface area contributed by atoms with Crippen LogP contribution in [0.1, 0.15) is 70.0 Å². The summed E-state index contributed by atoms with van der Waals surface area (Å²) in [6, 6.07) is 7.69. The van der Waals surface area contributed by atoms with Gasteiger partial charge in [-0.15, -0.1) is 6.42 Å². The Morgan fingerprint density at radius 2 is 1.88 bits per heavy atom. The molecule has 1 aromatic rings. The molecule has 1 unspecified atom stereocenters. The van der Waals surface area contributed by atoms with Crippen LogP contribution in [0.4, 0.5) is 4.79 Å². The molecule has 0 saturated heterocycles. The van der Waals surface area contributed by atoms with E-state index in [4.69, 9.17) is 11.2 Å². The lowest BCUT2D eigenvalue weighted by atomic mass is 9.94. The number of carbonyl (C=O) groups is 3. The Hall–Kier alpha value is -3.52. The fourth-order valence-corrected chi connectivity index (χ4v) is 3.81. The van der Waals surface area contributed by atoms with Gasteiger partial charge in [0, 0.05) is 11.6 Å². The van der Waals surface area contributed by atoms with E-state index in [2.05, 4.69) is 16.6 Å². The van der Waals surface area contributed by atoms with Crippen molar-refractivity contribution in [3.8, 4) is 18.4 Å². The van der Waals surface area contributed by atoms with Crippen molar-refractivity contribution in [2.24, 2.45) is 0 Å². The molecule has 8 nitrogen and oxygen atoms in total. The summed E-state index contributed by atoms with van der Waals surface area (Å²) in [5, 5.41) is 14.8. The van der Waals surface area contributed by atoms with Crippen LogP contribution in [0.3, 0.4) is 0 Å². The molecular weight excluding hydrogens is 420 g/mol. The Balaban J connectivity index is 2.31. The number of carbonyl (C=O) groups excluding carboxylic acids is 3. The summed E-state index contributed by atoms with van der Waals surface area (Å²) < 4.78 is 5.17. The van der Waals surface area contributed by atoms with Gasteiger partial charge in [-0.2, -0.15) is 5.26 Å². The van der Waals surface area contributed by atoms with Gasteiger partial charge in [0.25, 0.3) is 0 Å². The van der Waals surface area contributed by atoms with E-state index in [-0.39, 0.29) is 12.6 Å². The van der Waals surface area contributed by atoms with Crippen LogP contribution < -0.4 is 10.6 Å².